The summed E-state index contributed by atoms with van der Waals surface area (Å²) in [6, 6.07) is 5.12. The first-order valence-electron chi connectivity index (χ1n) is 5.08. The molecular formula is C11H12F3NO2S. The second kappa shape index (κ2) is 5.51. The van der Waals surface area contributed by atoms with Crippen LogP contribution >= 0.6 is 0 Å². The lowest BCUT2D eigenvalue weighted by atomic mass is 10.0. The van der Waals surface area contributed by atoms with Gasteiger partial charge in [-0.15, -0.1) is 0 Å². The predicted octanol–water partition coefficient (Wildman–Crippen LogP) is 1.98. The van der Waals surface area contributed by atoms with Crippen LogP contribution in [-0.2, 0) is 22.0 Å². The SMILES string of the molecule is C[C@H](Cc1ccc(S(=O)C(F)(F)F)cc1)C(N)=O. The normalized spacial score (nSPS) is 15.1. The summed E-state index contributed by atoms with van der Waals surface area (Å²) in [5.74, 6) is -0.873. The van der Waals surface area contributed by atoms with Gasteiger partial charge in [0.05, 0.1) is 0 Å². The molecule has 1 rings (SSSR count). The smallest absolute Gasteiger partial charge is 0.369 e. The number of primary amides is 1. The van der Waals surface area contributed by atoms with Gasteiger partial charge in [0.15, 0.2) is 10.8 Å². The number of alkyl halides is 3. The summed E-state index contributed by atoms with van der Waals surface area (Å²) in [7, 11) is -3.02. The van der Waals surface area contributed by atoms with Crippen molar-refractivity contribution >= 4 is 16.7 Å². The summed E-state index contributed by atoms with van der Waals surface area (Å²) in [6.45, 7) is 1.63. The molecule has 0 bridgehead atoms. The summed E-state index contributed by atoms with van der Waals surface area (Å²) in [6.07, 6.45) is 0.342. The van der Waals surface area contributed by atoms with Crippen LogP contribution in [0.25, 0.3) is 0 Å². The summed E-state index contributed by atoms with van der Waals surface area (Å²) in [4.78, 5) is 10.5. The number of carbonyl (C=O) groups excluding carboxylic acids is 1. The highest BCUT2D eigenvalue weighted by Crippen LogP contribution is 2.26. The van der Waals surface area contributed by atoms with Crippen molar-refractivity contribution < 1.29 is 22.2 Å². The standard InChI is InChI=1S/C11H12F3NO2S/c1-7(10(15)16)6-8-2-4-9(5-3-8)18(17)11(12,13)14/h2-5,7H,6H2,1H3,(H2,15,16)/t7-,18?/m1/s1. The minimum absolute atomic E-state index is 0.307. The first-order valence-corrected chi connectivity index (χ1v) is 6.23. The van der Waals surface area contributed by atoms with Crippen molar-refractivity contribution in [3.63, 3.8) is 0 Å². The molecule has 18 heavy (non-hydrogen) atoms. The molecule has 0 aliphatic carbocycles. The molecule has 0 saturated heterocycles. The Bertz CT molecular complexity index is 456. The van der Waals surface area contributed by atoms with Crippen LogP contribution in [0.2, 0.25) is 0 Å². The topological polar surface area (TPSA) is 60.2 Å². The number of benzene rings is 1. The van der Waals surface area contributed by atoms with Gasteiger partial charge in [0, 0.05) is 10.8 Å². The highest BCUT2D eigenvalue weighted by molar-refractivity contribution is 7.86. The zero-order chi connectivity index (χ0) is 13.9. The number of rotatable bonds is 4. The number of carbonyl (C=O) groups is 1. The average Bonchev–Trinajstić information content (AvgIpc) is 2.27. The van der Waals surface area contributed by atoms with Gasteiger partial charge in [0.1, 0.15) is 0 Å². The molecule has 0 saturated carbocycles. The molecule has 7 heteroatoms. The minimum atomic E-state index is -4.76. The van der Waals surface area contributed by atoms with Gasteiger partial charge < -0.3 is 5.73 Å². The summed E-state index contributed by atoms with van der Waals surface area (Å²) in [5.41, 5.74) is 0.991. The molecule has 0 fully saturated rings. The van der Waals surface area contributed by atoms with Crippen LogP contribution in [0.4, 0.5) is 13.2 Å². The Morgan fingerprint density at radius 2 is 1.83 bits per heavy atom. The second-order valence-electron chi connectivity index (χ2n) is 3.87. The van der Waals surface area contributed by atoms with E-state index < -0.39 is 28.1 Å². The molecule has 0 aliphatic rings. The number of hydrogen-bond donors (Lipinski definition) is 1. The van der Waals surface area contributed by atoms with Crippen LogP contribution in [0, 0.1) is 5.92 Å². The molecule has 1 aromatic rings. The van der Waals surface area contributed by atoms with Crippen LogP contribution in [0.3, 0.4) is 0 Å². The van der Waals surface area contributed by atoms with Crippen molar-refractivity contribution in [3.05, 3.63) is 29.8 Å². The molecule has 0 spiro atoms. The lowest BCUT2D eigenvalue weighted by Gasteiger charge is -2.09. The average molecular weight is 279 g/mol. The van der Waals surface area contributed by atoms with Crippen molar-refractivity contribution in [3.8, 4) is 0 Å². The first-order chi connectivity index (χ1) is 8.21. The number of halogens is 3. The Hall–Kier alpha value is -1.37. The lowest BCUT2D eigenvalue weighted by Crippen LogP contribution is -2.22. The van der Waals surface area contributed by atoms with Gasteiger partial charge >= 0.3 is 5.51 Å². The van der Waals surface area contributed by atoms with Gasteiger partial charge in [-0.1, -0.05) is 19.1 Å². The highest BCUT2D eigenvalue weighted by Gasteiger charge is 2.37. The Morgan fingerprint density at radius 1 is 1.33 bits per heavy atom. The van der Waals surface area contributed by atoms with Gasteiger partial charge in [-0.25, -0.2) is 4.21 Å². The van der Waals surface area contributed by atoms with E-state index >= 15 is 0 Å². The fourth-order valence-electron chi connectivity index (χ4n) is 1.34. The third kappa shape index (κ3) is 3.83. The van der Waals surface area contributed by atoms with Crippen molar-refractivity contribution in [1.82, 2.24) is 0 Å². The second-order valence-corrected chi connectivity index (χ2v) is 5.34. The number of nitrogens with two attached hydrogens (primary N) is 1. The lowest BCUT2D eigenvalue weighted by molar-refractivity contribution is -0.121. The van der Waals surface area contributed by atoms with Crippen LogP contribution in [-0.4, -0.2) is 15.6 Å². The molecular weight excluding hydrogens is 267 g/mol. The maximum atomic E-state index is 12.2. The highest BCUT2D eigenvalue weighted by atomic mass is 32.2. The molecule has 0 radical (unpaired) electrons. The quantitative estimate of drug-likeness (QED) is 0.916. The van der Waals surface area contributed by atoms with E-state index in [1.54, 1.807) is 6.92 Å². The van der Waals surface area contributed by atoms with Gasteiger partial charge in [0.2, 0.25) is 5.91 Å². The molecule has 0 aromatic heterocycles. The Labute approximate surface area is 105 Å². The van der Waals surface area contributed by atoms with E-state index in [-0.39, 0.29) is 4.90 Å². The predicted molar refractivity (Wildman–Crippen MR) is 61.0 cm³/mol. The van der Waals surface area contributed by atoms with Crippen molar-refractivity contribution in [2.24, 2.45) is 11.7 Å². The van der Waals surface area contributed by atoms with E-state index in [0.29, 0.717) is 12.0 Å². The van der Waals surface area contributed by atoms with E-state index in [1.807, 2.05) is 0 Å². The monoisotopic (exact) mass is 279 g/mol. The van der Waals surface area contributed by atoms with E-state index in [9.17, 15) is 22.2 Å². The minimum Gasteiger partial charge on any atom is -0.369 e. The largest absolute Gasteiger partial charge is 0.475 e. The maximum absolute atomic E-state index is 12.2. The van der Waals surface area contributed by atoms with Gasteiger partial charge in [-0.2, -0.15) is 13.2 Å². The molecule has 0 heterocycles. The van der Waals surface area contributed by atoms with Gasteiger partial charge in [-0.3, -0.25) is 4.79 Å². The van der Waals surface area contributed by atoms with Crippen molar-refractivity contribution in [2.45, 2.75) is 23.7 Å². The van der Waals surface area contributed by atoms with Crippen LogP contribution in [0.5, 0.6) is 0 Å². The maximum Gasteiger partial charge on any atom is 0.475 e. The van der Waals surface area contributed by atoms with Crippen molar-refractivity contribution in [1.29, 1.82) is 0 Å². The van der Waals surface area contributed by atoms with Crippen LogP contribution < -0.4 is 5.73 Å². The van der Waals surface area contributed by atoms with E-state index in [0.717, 1.165) is 12.1 Å². The van der Waals surface area contributed by atoms with Gasteiger partial charge in [-0.05, 0) is 24.1 Å². The van der Waals surface area contributed by atoms with E-state index in [1.165, 1.54) is 12.1 Å². The zero-order valence-corrected chi connectivity index (χ0v) is 10.3. The molecule has 1 amide bonds. The molecule has 2 atom stereocenters. The molecule has 3 nitrogen and oxygen atoms in total. The molecule has 100 valence electrons. The van der Waals surface area contributed by atoms with Crippen molar-refractivity contribution in [2.75, 3.05) is 0 Å². The zero-order valence-electron chi connectivity index (χ0n) is 9.53. The Kier molecular flexibility index (Phi) is 4.50. The number of amides is 1. The fourth-order valence-corrected chi connectivity index (χ4v) is 1.99. The fraction of sp³-hybridized carbons (Fsp3) is 0.364. The summed E-state index contributed by atoms with van der Waals surface area (Å²) in [5, 5.41) is 0. The van der Waals surface area contributed by atoms with Gasteiger partial charge in [0.25, 0.3) is 0 Å². The number of hydrogen-bond acceptors (Lipinski definition) is 2. The molecule has 0 aliphatic heterocycles. The third-order valence-corrected chi connectivity index (χ3v) is 3.50. The molecule has 1 aromatic carbocycles. The van der Waals surface area contributed by atoms with E-state index in [2.05, 4.69) is 0 Å². The molecule has 1 unspecified atom stereocenters. The summed E-state index contributed by atoms with van der Waals surface area (Å²) >= 11 is 0. The molecule has 2 N–H and O–H groups in total. The van der Waals surface area contributed by atoms with Crippen LogP contribution in [0.15, 0.2) is 29.2 Å². The van der Waals surface area contributed by atoms with Crippen LogP contribution in [0.1, 0.15) is 12.5 Å². The summed E-state index contributed by atoms with van der Waals surface area (Å²) < 4.78 is 47.6. The third-order valence-electron chi connectivity index (χ3n) is 2.38. The Balaban J connectivity index is 2.81. The van der Waals surface area contributed by atoms with E-state index in [4.69, 9.17) is 5.73 Å². The Morgan fingerprint density at radius 3 is 2.22 bits per heavy atom. The first kappa shape index (κ1) is 14.7.